The van der Waals surface area contributed by atoms with E-state index >= 15 is 0 Å². The third-order valence-electron chi connectivity index (χ3n) is 4.97. The summed E-state index contributed by atoms with van der Waals surface area (Å²) in [6, 6.07) is 17.3. The van der Waals surface area contributed by atoms with Gasteiger partial charge < -0.3 is 15.4 Å². The molecule has 0 atom stereocenters. The van der Waals surface area contributed by atoms with Crippen molar-refractivity contribution in [3.05, 3.63) is 65.7 Å². The van der Waals surface area contributed by atoms with Gasteiger partial charge in [0, 0.05) is 25.7 Å². The number of benzene rings is 2. The van der Waals surface area contributed by atoms with Crippen LogP contribution in [0.4, 0.5) is 0 Å². The van der Waals surface area contributed by atoms with Crippen LogP contribution in [0.1, 0.15) is 30.4 Å². The summed E-state index contributed by atoms with van der Waals surface area (Å²) in [5.41, 5.74) is 1.90. The Morgan fingerprint density at radius 1 is 1.07 bits per heavy atom. The smallest absolute Gasteiger partial charge is 0.191 e. The zero-order valence-electron chi connectivity index (χ0n) is 17.5. The van der Waals surface area contributed by atoms with E-state index in [0.29, 0.717) is 31.4 Å². The Morgan fingerprint density at radius 2 is 1.80 bits per heavy atom. The SMILES string of the molecule is CN=C(NCCCS(=O)(=O)Cc1ccccc1)NCc1ccccc1OCC1CC1. The van der Waals surface area contributed by atoms with E-state index in [1.807, 2.05) is 54.6 Å². The third kappa shape index (κ3) is 7.71. The van der Waals surface area contributed by atoms with Gasteiger partial charge in [-0.3, -0.25) is 4.99 Å². The summed E-state index contributed by atoms with van der Waals surface area (Å²) in [6.07, 6.45) is 3.05. The number of ether oxygens (including phenoxy) is 1. The van der Waals surface area contributed by atoms with E-state index in [9.17, 15) is 8.42 Å². The van der Waals surface area contributed by atoms with Crippen LogP contribution >= 0.6 is 0 Å². The zero-order chi connectivity index (χ0) is 21.2. The highest BCUT2D eigenvalue weighted by atomic mass is 32.2. The number of hydrogen-bond acceptors (Lipinski definition) is 4. The summed E-state index contributed by atoms with van der Waals surface area (Å²) in [6.45, 7) is 1.90. The standard InChI is InChI=1S/C23H31N3O3S/c1-24-23(25-14-7-15-30(27,28)18-20-8-3-2-4-9-20)26-16-21-10-5-6-11-22(21)29-17-19-12-13-19/h2-6,8-11,19H,7,12-18H2,1H3,(H2,24,25,26). The first-order valence-electron chi connectivity index (χ1n) is 10.5. The molecule has 0 radical (unpaired) electrons. The number of nitrogens with zero attached hydrogens (tertiary/aromatic N) is 1. The van der Waals surface area contributed by atoms with Crippen LogP contribution in [-0.4, -0.2) is 40.3 Å². The molecule has 0 aliphatic heterocycles. The largest absolute Gasteiger partial charge is 0.493 e. The van der Waals surface area contributed by atoms with Gasteiger partial charge in [0.15, 0.2) is 15.8 Å². The van der Waals surface area contributed by atoms with Crippen LogP contribution < -0.4 is 15.4 Å². The Balaban J connectivity index is 1.40. The van der Waals surface area contributed by atoms with E-state index in [2.05, 4.69) is 15.6 Å². The van der Waals surface area contributed by atoms with Gasteiger partial charge in [0.1, 0.15) is 5.75 Å². The average Bonchev–Trinajstić information content (AvgIpc) is 3.57. The van der Waals surface area contributed by atoms with Crippen molar-refractivity contribution in [3.8, 4) is 5.75 Å². The molecule has 1 saturated carbocycles. The molecule has 1 aliphatic carbocycles. The van der Waals surface area contributed by atoms with E-state index < -0.39 is 9.84 Å². The minimum absolute atomic E-state index is 0.0818. The molecule has 0 aromatic heterocycles. The van der Waals surface area contributed by atoms with Crippen molar-refractivity contribution in [2.24, 2.45) is 10.9 Å². The van der Waals surface area contributed by atoms with E-state index in [-0.39, 0.29) is 11.5 Å². The molecule has 1 aliphatic rings. The summed E-state index contributed by atoms with van der Waals surface area (Å²) in [5, 5.41) is 6.47. The first kappa shape index (κ1) is 22.2. The molecule has 2 aromatic rings. The van der Waals surface area contributed by atoms with Crippen LogP contribution in [0.2, 0.25) is 0 Å². The van der Waals surface area contributed by atoms with Crippen LogP contribution in [-0.2, 0) is 22.1 Å². The highest BCUT2D eigenvalue weighted by Crippen LogP contribution is 2.30. The van der Waals surface area contributed by atoms with Crippen molar-refractivity contribution in [2.75, 3.05) is 26.0 Å². The molecule has 0 unspecified atom stereocenters. The fourth-order valence-electron chi connectivity index (χ4n) is 3.08. The fourth-order valence-corrected chi connectivity index (χ4v) is 4.51. The maximum absolute atomic E-state index is 12.3. The first-order chi connectivity index (χ1) is 14.6. The Bertz CT molecular complexity index is 926. The second-order valence-electron chi connectivity index (χ2n) is 7.65. The molecular formula is C23H31N3O3S. The van der Waals surface area contributed by atoms with Gasteiger partial charge in [-0.15, -0.1) is 0 Å². The minimum Gasteiger partial charge on any atom is -0.493 e. The molecule has 1 fully saturated rings. The Hall–Kier alpha value is -2.54. The molecule has 0 heterocycles. The monoisotopic (exact) mass is 429 g/mol. The molecule has 3 rings (SSSR count). The van der Waals surface area contributed by atoms with Gasteiger partial charge in [-0.05, 0) is 36.8 Å². The number of nitrogens with one attached hydrogen (secondary N) is 2. The molecule has 0 spiro atoms. The number of guanidine groups is 1. The molecule has 6 nitrogen and oxygen atoms in total. The normalized spacial score (nSPS) is 14.4. The van der Waals surface area contributed by atoms with Gasteiger partial charge in [-0.1, -0.05) is 48.5 Å². The number of aliphatic imine (C=N–C) groups is 1. The van der Waals surface area contributed by atoms with E-state index in [1.165, 1.54) is 12.8 Å². The second kappa shape index (κ2) is 11.0. The molecule has 0 saturated heterocycles. The Kier molecular flexibility index (Phi) is 8.13. The Labute approximate surface area is 179 Å². The van der Waals surface area contributed by atoms with Gasteiger partial charge >= 0.3 is 0 Å². The topological polar surface area (TPSA) is 79.8 Å². The zero-order valence-corrected chi connectivity index (χ0v) is 18.3. The molecule has 30 heavy (non-hydrogen) atoms. The highest BCUT2D eigenvalue weighted by Gasteiger charge is 2.22. The Morgan fingerprint density at radius 3 is 2.53 bits per heavy atom. The fraction of sp³-hybridized carbons (Fsp3) is 0.435. The van der Waals surface area contributed by atoms with E-state index in [1.54, 1.807) is 7.05 Å². The van der Waals surface area contributed by atoms with E-state index in [0.717, 1.165) is 23.5 Å². The van der Waals surface area contributed by atoms with Crippen molar-refractivity contribution in [1.82, 2.24) is 10.6 Å². The molecule has 0 bridgehead atoms. The summed E-state index contributed by atoms with van der Waals surface area (Å²) >= 11 is 0. The number of hydrogen-bond donors (Lipinski definition) is 2. The molecule has 2 N–H and O–H groups in total. The lowest BCUT2D eigenvalue weighted by atomic mass is 10.2. The summed E-state index contributed by atoms with van der Waals surface area (Å²) in [4.78, 5) is 4.22. The second-order valence-corrected chi connectivity index (χ2v) is 9.83. The van der Waals surface area contributed by atoms with Crippen molar-refractivity contribution < 1.29 is 13.2 Å². The quantitative estimate of drug-likeness (QED) is 0.326. The molecule has 162 valence electrons. The van der Waals surface area contributed by atoms with Crippen molar-refractivity contribution in [1.29, 1.82) is 0 Å². The lowest BCUT2D eigenvalue weighted by Crippen LogP contribution is -2.37. The predicted octanol–water partition coefficient (Wildman–Crippen LogP) is 3.15. The van der Waals surface area contributed by atoms with Gasteiger partial charge in [0.2, 0.25) is 0 Å². The lowest BCUT2D eigenvalue weighted by molar-refractivity contribution is 0.296. The van der Waals surface area contributed by atoms with Gasteiger partial charge in [-0.25, -0.2) is 8.42 Å². The summed E-state index contributed by atoms with van der Waals surface area (Å²) in [7, 11) is -1.42. The highest BCUT2D eigenvalue weighted by molar-refractivity contribution is 7.90. The third-order valence-corrected chi connectivity index (χ3v) is 6.65. The molecule has 2 aromatic carbocycles. The molecule has 0 amide bonds. The lowest BCUT2D eigenvalue weighted by Gasteiger charge is -2.15. The van der Waals surface area contributed by atoms with Crippen LogP contribution in [0.15, 0.2) is 59.6 Å². The average molecular weight is 430 g/mol. The maximum Gasteiger partial charge on any atom is 0.191 e. The number of para-hydroxylation sites is 1. The molecule has 7 heteroatoms. The van der Waals surface area contributed by atoms with Gasteiger partial charge in [0.05, 0.1) is 18.1 Å². The summed E-state index contributed by atoms with van der Waals surface area (Å²) < 4.78 is 30.5. The molecular weight excluding hydrogens is 398 g/mol. The van der Waals surface area contributed by atoms with Crippen molar-refractivity contribution in [2.45, 2.75) is 31.6 Å². The van der Waals surface area contributed by atoms with Crippen LogP contribution in [0, 0.1) is 5.92 Å². The van der Waals surface area contributed by atoms with Crippen LogP contribution in [0.5, 0.6) is 5.75 Å². The van der Waals surface area contributed by atoms with Gasteiger partial charge in [0.25, 0.3) is 0 Å². The predicted molar refractivity (Wildman–Crippen MR) is 121 cm³/mol. The van der Waals surface area contributed by atoms with E-state index in [4.69, 9.17) is 4.74 Å². The first-order valence-corrected chi connectivity index (χ1v) is 12.3. The summed E-state index contributed by atoms with van der Waals surface area (Å²) in [5.74, 6) is 2.48. The minimum atomic E-state index is -3.13. The van der Waals surface area contributed by atoms with Crippen LogP contribution in [0.25, 0.3) is 0 Å². The number of sulfone groups is 1. The van der Waals surface area contributed by atoms with Crippen LogP contribution in [0.3, 0.4) is 0 Å². The van der Waals surface area contributed by atoms with Crippen molar-refractivity contribution >= 4 is 15.8 Å². The van der Waals surface area contributed by atoms with Gasteiger partial charge in [-0.2, -0.15) is 0 Å². The van der Waals surface area contributed by atoms with Crippen molar-refractivity contribution in [3.63, 3.8) is 0 Å². The number of rotatable bonds is 11. The maximum atomic E-state index is 12.3.